The second kappa shape index (κ2) is 11.0. The fourth-order valence-electron chi connectivity index (χ4n) is 2.72. The minimum atomic E-state index is -0.496. The molecule has 0 aliphatic carbocycles. The number of hydrogen-bond acceptors (Lipinski definition) is 2. The van der Waals surface area contributed by atoms with E-state index in [1.807, 2.05) is 13.0 Å². The fraction of sp³-hybridized carbons (Fsp3) is 0.333. The van der Waals surface area contributed by atoms with Crippen molar-refractivity contribution in [3.63, 3.8) is 0 Å². The Morgan fingerprint density at radius 3 is 2.46 bits per heavy atom. The average molecular weight is 388 g/mol. The Labute approximate surface area is 164 Å². The Morgan fingerprint density at radius 2 is 1.82 bits per heavy atom. The number of guanidine groups is 1. The van der Waals surface area contributed by atoms with Gasteiger partial charge < -0.3 is 16.4 Å². The highest BCUT2D eigenvalue weighted by Gasteiger charge is 2.16. The molecule has 2 aromatic rings. The van der Waals surface area contributed by atoms with Crippen LogP contribution in [0.4, 0.5) is 8.78 Å². The van der Waals surface area contributed by atoms with Gasteiger partial charge in [0.25, 0.3) is 0 Å². The van der Waals surface area contributed by atoms with E-state index in [4.69, 9.17) is 5.73 Å². The predicted octanol–water partition coefficient (Wildman–Crippen LogP) is 2.41. The molecule has 28 heavy (non-hydrogen) atoms. The highest BCUT2D eigenvalue weighted by atomic mass is 19.1. The van der Waals surface area contributed by atoms with E-state index in [2.05, 4.69) is 15.6 Å². The van der Waals surface area contributed by atoms with Crippen molar-refractivity contribution >= 4 is 11.9 Å². The number of carbonyl (C=O) groups is 1. The lowest BCUT2D eigenvalue weighted by Gasteiger charge is -2.14. The molecule has 1 unspecified atom stereocenters. The summed E-state index contributed by atoms with van der Waals surface area (Å²) in [5, 5.41) is 6.28. The van der Waals surface area contributed by atoms with E-state index in [9.17, 15) is 13.6 Å². The predicted molar refractivity (Wildman–Crippen MR) is 107 cm³/mol. The summed E-state index contributed by atoms with van der Waals surface area (Å²) >= 11 is 0. The van der Waals surface area contributed by atoms with Crippen LogP contribution in [0.2, 0.25) is 0 Å². The molecule has 5 nitrogen and oxygen atoms in total. The van der Waals surface area contributed by atoms with Crippen LogP contribution < -0.4 is 16.4 Å². The summed E-state index contributed by atoms with van der Waals surface area (Å²) in [4.78, 5) is 16.2. The van der Waals surface area contributed by atoms with Crippen LogP contribution in [0.5, 0.6) is 0 Å². The monoisotopic (exact) mass is 388 g/mol. The Hall–Kier alpha value is -2.96. The van der Waals surface area contributed by atoms with Gasteiger partial charge in [0.05, 0.1) is 12.5 Å². The van der Waals surface area contributed by atoms with Crippen molar-refractivity contribution in [1.29, 1.82) is 0 Å². The van der Waals surface area contributed by atoms with Gasteiger partial charge in [-0.1, -0.05) is 24.3 Å². The Kier molecular flexibility index (Phi) is 8.39. The number of primary amides is 1. The van der Waals surface area contributed by atoms with E-state index in [0.717, 1.165) is 11.1 Å². The Balaban J connectivity index is 1.93. The van der Waals surface area contributed by atoms with Gasteiger partial charge >= 0.3 is 0 Å². The van der Waals surface area contributed by atoms with Gasteiger partial charge in [-0.3, -0.25) is 9.79 Å². The van der Waals surface area contributed by atoms with Crippen LogP contribution >= 0.6 is 0 Å². The molecule has 2 rings (SSSR count). The molecule has 0 aliphatic heterocycles. The van der Waals surface area contributed by atoms with Crippen LogP contribution in [0.15, 0.2) is 53.5 Å². The number of rotatable bonds is 9. The summed E-state index contributed by atoms with van der Waals surface area (Å²) in [5.74, 6) is -0.977. The lowest BCUT2D eigenvalue weighted by molar-refractivity contribution is -0.121. The van der Waals surface area contributed by atoms with E-state index in [1.54, 1.807) is 18.2 Å². The number of benzene rings is 2. The summed E-state index contributed by atoms with van der Waals surface area (Å²) in [5.41, 5.74) is 7.21. The molecule has 0 aliphatic rings. The highest BCUT2D eigenvalue weighted by Crippen LogP contribution is 2.10. The number of nitrogens with one attached hydrogen (secondary N) is 2. The van der Waals surface area contributed by atoms with Gasteiger partial charge in [0, 0.05) is 13.1 Å². The molecule has 0 heterocycles. The van der Waals surface area contributed by atoms with Gasteiger partial charge in [0.1, 0.15) is 11.6 Å². The largest absolute Gasteiger partial charge is 0.369 e. The van der Waals surface area contributed by atoms with Crippen molar-refractivity contribution in [2.24, 2.45) is 16.6 Å². The fourth-order valence-corrected chi connectivity index (χ4v) is 2.72. The van der Waals surface area contributed by atoms with E-state index in [-0.39, 0.29) is 18.2 Å². The van der Waals surface area contributed by atoms with Gasteiger partial charge in [-0.15, -0.1) is 0 Å². The molecule has 150 valence electrons. The summed E-state index contributed by atoms with van der Waals surface area (Å²) < 4.78 is 26.3. The lowest BCUT2D eigenvalue weighted by Crippen LogP contribution is -2.39. The smallest absolute Gasteiger partial charge is 0.222 e. The molecule has 0 fully saturated rings. The zero-order valence-corrected chi connectivity index (χ0v) is 15.9. The molecule has 0 bridgehead atoms. The third kappa shape index (κ3) is 7.34. The van der Waals surface area contributed by atoms with Crippen LogP contribution in [-0.4, -0.2) is 31.5 Å². The molecule has 7 heteroatoms. The van der Waals surface area contributed by atoms with Gasteiger partial charge in [0.15, 0.2) is 5.96 Å². The van der Waals surface area contributed by atoms with Crippen LogP contribution in [0.25, 0.3) is 0 Å². The van der Waals surface area contributed by atoms with Gasteiger partial charge in [-0.05, 0) is 55.2 Å². The van der Waals surface area contributed by atoms with Crippen molar-refractivity contribution < 1.29 is 13.6 Å². The summed E-state index contributed by atoms with van der Waals surface area (Å²) in [6.07, 6.45) is 1.03. The van der Waals surface area contributed by atoms with E-state index in [0.29, 0.717) is 31.9 Å². The number of amides is 1. The molecular formula is C21H26F2N4O. The van der Waals surface area contributed by atoms with Crippen LogP contribution in [-0.2, 0) is 17.6 Å². The van der Waals surface area contributed by atoms with Gasteiger partial charge in [-0.2, -0.15) is 0 Å². The van der Waals surface area contributed by atoms with Crippen LogP contribution in [0, 0.1) is 17.6 Å². The number of nitrogens with zero attached hydrogens (tertiary/aromatic N) is 1. The quantitative estimate of drug-likeness (QED) is 0.456. The maximum absolute atomic E-state index is 13.2. The Bertz CT molecular complexity index is 793. The maximum Gasteiger partial charge on any atom is 0.222 e. The number of halogens is 2. The molecule has 4 N–H and O–H groups in total. The molecule has 0 saturated heterocycles. The van der Waals surface area contributed by atoms with Crippen molar-refractivity contribution in [3.8, 4) is 0 Å². The minimum absolute atomic E-state index is 0.210. The molecule has 0 radical (unpaired) electrons. The third-order valence-corrected chi connectivity index (χ3v) is 4.21. The van der Waals surface area contributed by atoms with E-state index in [1.165, 1.54) is 24.3 Å². The van der Waals surface area contributed by atoms with Gasteiger partial charge in [-0.25, -0.2) is 8.78 Å². The molecular weight excluding hydrogens is 362 g/mol. The first kappa shape index (κ1) is 21.3. The maximum atomic E-state index is 13.2. The van der Waals surface area contributed by atoms with Crippen molar-refractivity contribution in [3.05, 3.63) is 71.3 Å². The zero-order valence-electron chi connectivity index (χ0n) is 15.9. The third-order valence-electron chi connectivity index (χ3n) is 4.21. The average Bonchev–Trinajstić information content (AvgIpc) is 2.66. The summed E-state index contributed by atoms with van der Waals surface area (Å²) in [6.45, 7) is 3.37. The molecule has 1 atom stereocenters. The first-order valence-corrected chi connectivity index (χ1v) is 9.28. The zero-order chi connectivity index (χ0) is 20.4. The summed E-state index contributed by atoms with van der Waals surface area (Å²) in [7, 11) is 0. The number of hydrogen-bond donors (Lipinski definition) is 3. The first-order chi connectivity index (χ1) is 13.5. The lowest BCUT2D eigenvalue weighted by atomic mass is 9.99. The number of nitrogens with two attached hydrogens (primary N) is 1. The standard InChI is InChI=1S/C21H26F2N4O/c1-2-25-21(26-11-10-15-4-3-5-19(23)13-15)27-14-17(20(24)28)12-16-6-8-18(22)9-7-16/h3-9,13,17H,2,10-12,14H2,1H3,(H2,24,28)(H2,25,26,27). The molecule has 0 saturated carbocycles. The Morgan fingerprint density at radius 1 is 1.07 bits per heavy atom. The first-order valence-electron chi connectivity index (χ1n) is 9.28. The van der Waals surface area contributed by atoms with Crippen LogP contribution in [0.1, 0.15) is 18.1 Å². The van der Waals surface area contributed by atoms with Crippen LogP contribution in [0.3, 0.4) is 0 Å². The SMILES string of the molecule is CCNC(=NCC(Cc1ccc(F)cc1)C(N)=O)NCCc1cccc(F)c1. The normalized spacial score (nSPS) is 12.5. The molecule has 1 amide bonds. The van der Waals surface area contributed by atoms with Crippen molar-refractivity contribution in [2.45, 2.75) is 19.8 Å². The van der Waals surface area contributed by atoms with Gasteiger partial charge in [0.2, 0.25) is 5.91 Å². The minimum Gasteiger partial charge on any atom is -0.369 e. The molecule has 2 aromatic carbocycles. The molecule has 0 aromatic heterocycles. The topological polar surface area (TPSA) is 79.5 Å². The second-order valence-electron chi connectivity index (χ2n) is 6.46. The number of carbonyl (C=O) groups excluding carboxylic acids is 1. The van der Waals surface area contributed by atoms with E-state index < -0.39 is 11.8 Å². The summed E-state index contributed by atoms with van der Waals surface area (Å²) in [6, 6.07) is 12.4. The number of aliphatic imine (C=N–C) groups is 1. The van der Waals surface area contributed by atoms with E-state index >= 15 is 0 Å². The highest BCUT2D eigenvalue weighted by molar-refractivity contribution is 5.81. The van der Waals surface area contributed by atoms with Crippen molar-refractivity contribution in [2.75, 3.05) is 19.6 Å². The second-order valence-corrected chi connectivity index (χ2v) is 6.46. The van der Waals surface area contributed by atoms with Crippen molar-refractivity contribution in [1.82, 2.24) is 10.6 Å². The molecule has 0 spiro atoms.